The van der Waals surface area contributed by atoms with Crippen LogP contribution in [0.1, 0.15) is 42.9 Å². The second kappa shape index (κ2) is 8.71. The number of rotatable bonds is 4. The van der Waals surface area contributed by atoms with Gasteiger partial charge in [-0.25, -0.2) is 4.98 Å². The van der Waals surface area contributed by atoms with Gasteiger partial charge in [0, 0.05) is 37.3 Å². The van der Waals surface area contributed by atoms with Crippen LogP contribution < -0.4 is 5.32 Å². The highest BCUT2D eigenvalue weighted by atomic mass is 16.2. The van der Waals surface area contributed by atoms with E-state index in [0.717, 1.165) is 67.0 Å². The van der Waals surface area contributed by atoms with Crippen LogP contribution in [-0.2, 0) is 17.9 Å². The van der Waals surface area contributed by atoms with Crippen molar-refractivity contribution in [3.8, 4) is 5.82 Å². The predicted octanol–water partition coefficient (Wildman–Crippen LogP) is 2.43. The minimum absolute atomic E-state index is 0.0561. The molecule has 4 aromatic rings. The van der Waals surface area contributed by atoms with Gasteiger partial charge in [-0.05, 0) is 51.2 Å². The highest BCUT2D eigenvalue weighted by Gasteiger charge is 2.32. The van der Waals surface area contributed by atoms with E-state index in [1.165, 1.54) is 0 Å². The monoisotopic (exact) mass is 472 g/mol. The van der Waals surface area contributed by atoms with Crippen LogP contribution in [0.25, 0.3) is 16.9 Å². The molecule has 1 fully saturated rings. The molecule has 0 unspecified atom stereocenters. The van der Waals surface area contributed by atoms with Crippen molar-refractivity contribution < 1.29 is 4.79 Å². The summed E-state index contributed by atoms with van der Waals surface area (Å²) in [6.45, 7) is 6.02. The fourth-order valence-electron chi connectivity index (χ4n) is 5.20. The number of aromatic nitrogens is 8. The number of amides is 1. The summed E-state index contributed by atoms with van der Waals surface area (Å²) in [5.74, 6) is 3.33. The van der Waals surface area contributed by atoms with Crippen LogP contribution in [0.15, 0.2) is 30.5 Å². The van der Waals surface area contributed by atoms with Gasteiger partial charge in [0.25, 0.3) is 0 Å². The smallest absolute Gasteiger partial charge is 0.226 e. The van der Waals surface area contributed by atoms with Crippen LogP contribution >= 0.6 is 0 Å². The standard InChI is InChI=1S/C24H28N10O/c1-15-4-3-5-19-22(15)30-31-34(19)20-10-11-25-24(27-20)26-18-8-6-17(7-9-18)23(35)32-12-13-33-16(2)28-29-21(33)14-32/h3-5,10-11,17-18H,6-9,12-14H2,1-2H3,(H,25,26,27). The van der Waals surface area contributed by atoms with Crippen LogP contribution in [0.3, 0.4) is 0 Å². The molecule has 0 saturated heterocycles. The van der Waals surface area contributed by atoms with Gasteiger partial charge in [0.1, 0.15) is 11.3 Å². The Bertz CT molecular complexity index is 1380. The van der Waals surface area contributed by atoms with E-state index in [0.29, 0.717) is 18.3 Å². The van der Waals surface area contributed by atoms with Crippen molar-refractivity contribution in [2.24, 2.45) is 5.92 Å². The maximum Gasteiger partial charge on any atom is 0.226 e. The fraction of sp³-hybridized carbons (Fsp3) is 0.458. The molecule has 1 aliphatic heterocycles. The van der Waals surface area contributed by atoms with Crippen molar-refractivity contribution in [3.05, 3.63) is 47.7 Å². The Labute approximate surface area is 202 Å². The lowest BCUT2D eigenvalue weighted by Gasteiger charge is -2.34. The van der Waals surface area contributed by atoms with Crippen molar-refractivity contribution in [3.63, 3.8) is 0 Å². The van der Waals surface area contributed by atoms with Gasteiger partial charge in [-0.2, -0.15) is 9.67 Å². The zero-order chi connectivity index (χ0) is 23.9. The summed E-state index contributed by atoms with van der Waals surface area (Å²) < 4.78 is 3.84. The average molecular weight is 473 g/mol. The number of carbonyl (C=O) groups excluding carboxylic acids is 1. The quantitative estimate of drug-likeness (QED) is 0.481. The molecule has 35 heavy (non-hydrogen) atoms. The van der Waals surface area contributed by atoms with Crippen molar-refractivity contribution in [1.82, 2.24) is 44.6 Å². The van der Waals surface area contributed by atoms with Gasteiger partial charge in [0.2, 0.25) is 11.9 Å². The van der Waals surface area contributed by atoms with Gasteiger partial charge in [-0.1, -0.05) is 17.3 Å². The summed E-state index contributed by atoms with van der Waals surface area (Å²) in [6, 6.07) is 8.07. The lowest BCUT2D eigenvalue weighted by atomic mass is 9.85. The third kappa shape index (κ3) is 4.00. The van der Waals surface area contributed by atoms with E-state index < -0.39 is 0 Å². The van der Waals surface area contributed by atoms with Gasteiger partial charge in [-0.15, -0.1) is 15.3 Å². The molecule has 11 nitrogen and oxygen atoms in total. The lowest BCUT2D eigenvalue weighted by molar-refractivity contribution is -0.138. The molecule has 0 bridgehead atoms. The Hall–Kier alpha value is -3.89. The SMILES string of the molecule is Cc1cccc2c1nnn2-c1ccnc(NC2CCC(C(=O)N3CCn4c(C)nnc4C3)CC2)n1. The molecule has 1 N–H and O–H groups in total. The second-order valence-corrected chi connectivity index (χ2v) is 9.45. The van der Waals surface area contributed by atoms with Gasteiger partial charge in [0.05, 0.1) is 12.1 Å². The summed E-state index contributed by atoms with van der Waals surface area (Å²) >= 11 is 0. The number of nitrogens with one attached hydrogen (secondary N) is 1. The zero-order valence-corrected chi connectivity index (χ0v) is 19.9. The maximum atomic E-state index is 13.1. The number of fused-ring (bicyclic) bond motifs is 2. The highest BCUT2D eigenvalue weighted by molar-refractivity contribution is 5.79. The van der Waals surface area contributed by atoms with Crippen LogP contribution in [0, 0.1) is 19.8 Å². The molecular weight excluding hydrogens is 444 g/mol. The molecule has 11 heteroatoms. The van der Waals surface area contributed by atoms with E-state index in [9.17, 15) is 4.79 Å². The number of hydrogen-bond donors (Lipinski definition) is 1. The summed E-state index contributed by atoms with van der Waals surface area (Å²) in [5, 5.41) is 20.4. The Kier molecular flexibility index (Phi) is 5.39. The molecule has 0 radical (unpaired) electrons. The van der Waals surface area contributed by atoms with E-state index in [1.54, 1.807) is 10.9 Å². The number of benzene rings is 1. The van der Waals surface area contributed by atoms with Crippen molar-refractivity contribution >= 4 is 22.9 Å². The van der Waals surface area contributed by atoms with E-state index in [4.69, 9.17) is 0 Å². The maximum absolute atomic E-state index is 13.1. The normalized spacial score (nSPS) is 20.1. The van der Waals surface area contributed by atoms with Crippen molar-refractivity contribution in [2.75, 3.05) is 11.9 Å². The molecule has 0 atom stereocenters. The molecule has 1 amide bonds. The second-order valence-electron chi connectivity index (χ2n) is 9.45. The summed E-state index contributed by atoms with van der Waals surface area (Å²) in [4.78, 5) is 24.2. The predicted molar refractivity (Wildman–Crippen MR) is 129 cm³/mol. The van der Waals surface area contributed by atoms with E-state index in [-0.39, 0.29) is 17.9 Å². The molecule has 1 aromatic carbocycles. The molecule has 0 spiro atoms. The molecule has 3 aromatic heterocycles. The number of nitrogens with zero attached hydrogens (tertiary/aromatic N) is 9. The number of aryl methyl sites for hydroxylation is 2. The first-order valence-corrected chi connectivity index (χ1v) is 12.2. The first-order valence-electron chi connectivity index (χ1n) is 12.2. The first-order chi connectivity index (χ1) is 17.1. The Morgan fingerprint density at radius 2 is 1.89 bits per heavy atom. The lowest BCUT2D eigenvalue weighted by Crippen LogP contribution is -2.43. The molecule has 1 saturated carbocycles. The zero-order valence-electron chi connectivity index (χ0n) is 19.9. The minimum atomic E-state index is 0.0561. The Balaban J connectivity index is 1.08. The van der Waals surface area contributed by atoms with E-state index in [1.807, 2.05) is 43.0 Å². The largest absolute Gasteiger partial charge is 0.351 e. The fourth-order valence-corrected chi connectivity index (χ4v) is 5.20. The Morgan fingerprint density at radius 3 is 2.74 bits per heavy atom. The topological polar surface area (TPSA) is 120 Å². The number of anilines is 1. The first kappa shape index (κ1) is 21.6. The molecule has 2 aliphatic rings. The van der Waals surface area contributed by atoms with Crippen LogP contribution in [0.2, 0.25) is 0 Å². The molecule has 180 valence electrons. The highest BCUT2D eigenvalue weighted by Crippen LogP contribution is 2.29. The van der Waals surface area contributed by atoms with Crippen LogP contribution in [0.4, 0.5) is 5.95 Å². The summed E-state index contributed by atoms with van der Waals surface area (Å²) in [5.41, 5.74) is 2.86. The molecular formula is C24H28N10O. The molecule has 1 aliphatic carbocycles. The Morgan fingerprint density at radius 1 is 1.03 bits per heavy atom. The van der Waals surface area contributed by atoms with Crippen LogP contribution in [0.5, 0.6) is 0 Å². The number of hydrogen-bond acceptors (Lipinski definition) is 8. The molecule has 6 rings (SSSR count). The third-order valence-corrected chi connectivity index (χ3v) is 7.20. The van der Waals surface area contributed by atoms with Crippen molar-refractivity contribution in [1.29, 1.82) is 0 Å². The third-order valence-electron chi connectivity index (χ3n) is 7.20. The van der Waals surface area contributed by atoms with E-state index in [2.05, 4.69) is 40.4 Å². The van der Waals surface area contributed by atoms with Gasteiger partial charge in [0.15, 0.2) is 11.6 Å². The van der Waals surface area contributed by atoms with Gasteiger partial charge < -0.3 is 14.8 Å². The van der Waals surface area contributed by atoms with Crippen LogP contribution in [-0.4, -0.2) is 63.1 Å². The average Bonchev–Trinajstić information content (AvgIpc) is 3.49. The summed E-state index contributed by atoms with van der Waals surface area (Å²) in [6.07, 6.45) is 5.24. The summed E-state index contributed by atoms with van der Waals surface area (Å²) in [7, 11) is 0. The molecule has 4 heterocycles. The van der Waals surface area contributed by atoms with E-state index >= 15 is 0 Å². The van der Waals surface area contributed by atoms with Gasteiger partial charge >= 0.3 is 0 Å². The minimum Gasteiger partial charge on any atom is -0.351 e. The van der Waals surface area contributed by atoms with Gasteiger partial charge in [-0.3, -0.25) is 4.79 Å². The number of carbonyl (C=O) groups is 1. The van der Waals surface area contributed by atoms with Crippen molar-refractivity contribution in [2.45, 2.75) is 58.7 Å².